The molecule has 12 heterocycles. The highest BCUT2D eigenvalue weighted by atomic mass is 32.1. The molecule has 0 unspecified atom stereocenters. The van der Waals surface area contributed by atoms with Crippen LogP contribution in [0.5, 0.6) is 0 Å². The highest BCUT2D eigenvalue weighted by Crippen LogP contribution is 2.47. The summed E-state index contributed by atoms with van der Waals surface area (Å²) in [4.78, 5) is 32.8. The van der Waals surface area contributed by atoms with Gasteiger partial charge in [0.15, 0.2) is 0 Å². The first kappa shape index (κ1) is 79.9. The van der Waals surface area contributed by atoms with Gasteiger partial charge in [-0.3, -0.25) is 13.7 Å². The van der Waals surface area contributed by atoms with Crippen LogP contribution in [0.4, 0.5) is 0 Å². The number of hydrogen-bond acceptors (Lipinski definition) is 9. The summed E-state index contributed by atoms with van der Waals surface area (Å²) in [5.74, 6) is 5.15. The lowest BCUT2D eigenvalue weighted by molar-refractivity contribution is 0.670. The molecule has 13 nitrogen and oxygen atoms in total. The van der Waals surface area contributed by atoms with Gasteiger partial charge in [0.25, 0.3) is 0 Å². The van der Waals surface area contributed by atoms with Crippen LogP contribution in [-0.4, -0.2) is 57.3 Å². The largest absolute Gasteiger partial charge is 0.455 e. The van der Waals surface area contributed by atoms with E-state index in [1.807, 2.05) is 104 Å². The summed E-state index contributed by atoms with van der Waals surface area (Å²) in [5.41, 5.74) is 30.4. The van der Waals surface area contributed by atoms with Crippen LogP contribution < -0.4 is 0 Å². The summed E-state index contributed by atoms with van der Waals surface area (Å²) in [7, 11) is 0. The third-order valence-electron chi connectivity index (χ3n) is 26.1. The maximum absolute atomic E-state index is 6.35. The zero-order valence-corrected chi connectivity index (χ0v) is 75.3. The normalized spacial score (nSPS) is 11.6. The van der Waals surface area contributed by atoms with Crippen molar-refractivity contribution in [2.24, 2.45) is 0 Å². The lowest BCUT2D eigenvalue weighted by Crippen LogP contribution is -1.99. The Morgan fingerprint density at radius 2 is 0.540 bits per heavy atom. The highest BCUT2D eigenvalue weighted by molar-refractivity contribution is 7.14. The number of hydrogen-bond donors (Lipinski definition) is 0. The topological polar surface area (TPSA) is 120 Å². The van der Waals surface area contributed by atoms with Gasteiger partial charge in [-0.1, -0.05) is 285 Å². The molecule has 0 saturated carbocycles. The number of nitrogens with zero attached hydrogens (tertiary/aromatic N) is 12. The predicted octanol–water partition coefficient (Wildman–Crippen LogP) is 31.9. The molecule has 28 rings (SSSR count). The standard InChI is InChI=1S/C42H26N4O.C42H28N4.C38H24N4S2/c1-2-11-28(12-3-1)42-44-40-36(46(42)38-19-8-9-26-43-38)25-24-35-39(40)33-14-4-6-17-34(33)45(35)29-22-20-27(21-23-29)30-15-10-16-32-31-13-5-7-18-37(31)47-41(30)32;1-4-14-29(15-5-1)32-26-33(30-16-6-2-7-17-30)28-34(27-32)45-36-21-11-10-20-35(36)40-37(45)23-24-38-41(40)44-42(31-18-8-3-9-19-31)46(38)39-22-12-13-25-43-39;1-2-10-25(11-3-1)38-40-37-32(42(38)35-16-6-7-19-39-35)18-17-31-36(37)29-12-4-5-13-30(29)41(31)28-23-26(33-14-8-20-43-33)22-27(24-28)34-15-9-21-44-34/h1-26H;1-28H;1-24H. The van der Waals surface area contributed by atoms with Crippen LogP contribution in [-0.2, 0) is 0 Å². The molecule has 0 N–H and O–H groups in total. The molecule has 0 bridgehead atoms. The average molecular weight is 1790 g/mol. The lowest BCUT2D eigenvalue weighted by Gasteiger charge is -2.14. The van der Waals surface area contributed by atoms with Gasteiger partial charge >= 0.3 is 0 Å². The molecule has 0 saturated heterocycles. The van der Waals surface area contributed by atoms with E-state index in [1.165, 1.54) is 53.9 Å². The Balaban J connectivity index is 0.000000106. The minimum absolute atomic E-state index is 0.840. The van der Waals surface area contributed by atoms with Crippen LogP contribution in [0.3, 0.4) is 0 Å². The molecule has 0 aliphatic rings. The SMILES string of the molecule is c1ccc(-c2cc(-c3ccccc3)cc(-n3c4ccccc4c4c5nc(-c6ccccc6)n(-c6ccccn6)c5ccc43)c2)cc1.c1ccc(-c2nc3c4c5ccccc5n(-c5cc(-c6cccs6)cc(-c6cccs6)c5)c4ccc3n2-c2ccccn2)cc1.c1ccc(-c2nc3c4c5ccccc5n(-c5ccc(-c6cccc7c6oc6ccccc67)cc5)c4ccc3n2-c2ccccn2)cc1. The van der Waals surface area contributed by atoms with E-state index >= 15 is 0 Å². The van der Waals surface area contributed by atoms with Gasteiger partial charge in [0.1, 0.15) is 46.1 Å². The quantitative estimate of drug-likeness (QED) is 0.106. The smallest absolute Gasteiger partial charge is 0.146 e. The van der Waals surface area contributed by atoms with E-state index in [0.29, 0.717) is 0 Å². The van der Waals surface area contributed by atoms with Gasteiger partial charge in [-0.15, -0.1) is 22.7 Å². The number of furan rings is 1. The number of rotatable bonds is 14. The van der Waals surface area contributed by atoms with E-state index in [0.717, 1.165) is 189 Å². The number of fused-ring (bicyclic) bond motifs is 18. The number of imidazole rings is 3. The van der Waals surface area contributed by atoms with E-state index in [2.05, 4.69) is 396 Å². The van der Waals surface area contributed by atoms with Crippen molar-refractivity contribution in [1.82, 2.24) is 57.3 Å². The van der Waals surface area contributed by atoms with Gasteiger partial charge in [-0.2, -0.15) is 0 Å². The first-order valence-corrected chi connectivity index (χ1v) is 47.5. The second kappa shape index (κ2) is 33.7. The van der Waals surface area contributed by atoms with Crippen molar-refractivity contribution in [3.05, 3.63) is 472 Å². The molecule has 0 aliphatic carbocycles. The molecule has 15 heteroatoms. The monoisotopic (exact) mass is 1790 g/mol. The minimum Gasteiger partial charge on any atom is -0.455 e. The van der Waals surface area contributed by atoms with E-state index in [4.69, 9.17) is 34.3 Å². The molecule has 0 spiro atoms. The van der Waals surface area contributed by atoms with Gasteiger partial charge in [0.2, 0.25) is 0 Å². The van der Waals surface area contributed by atoms with Crippen LogP contribution in [0.2, 0.25) is 0 Å². The molecule has 0 amide bonds. The summed E-state index contributed by atoms with van der Waals surface area (Å²) in [6.07, 6.45) is 5.51. The number of aromatic nitrogens is 12. The number of benzene rings is 16. The van der Waals surface area contributed by atoms with Crippen molar-refractivity contribution in [2.45, 2.75) is 0 Å². The molecule has 0 atom stereocenters. The molecule has 12 aromatic heterocycles. The maximum Gasteiger partial charge on any atom is 0.146 e. The number of para-hydroxylation sites is 5. The lowest BCUT2D eigenvalue weighted by atomic mass is 9.98. The van der Waals surface area contributed by atoms with Crippen molar-refractivity contribution < 1.29 is 4.42 Å². The Morgan fingerprint density at radius 1 is 0.204 bits per heavy atom. The van der Waals surface area contributed by atoms with Crippen LogP contribution in [0.25, 0.3) is 243 Å². The fourth-order valence-corrected chi connectivity index (χ4v) is 21.6. The van der Waals surface area contributed by atoms with Crippen LogP contribution >= 0.6 is 22.7 Å². The molecular formula is C122H78N12OS2. The number of pyridine rings is 3. The van der Waals surface area contributed by atoms with Crippen LogP contribution in [0, 0.1) is 0 Å². The molecule has 644 valence electrons. The van der Waals surface area contributed by atoms with Crippen LogP contribution in [0.1, 0.15) is 0 Å². The van der Waals surface area contributed by atoms with Crippen molar-refractivity contribution in [1.29, 1.82) is 0 Å². The predicted molar refractivity (Wildman–Crippen MR) is 566 cm³/mol. The minimum atomic E-state index is 0.840. The summed E-state index contributed by atoms with van der Waals surface area (Å²) < 4.78 is 20.0. The Labute approximate surface area is 794 Å². The Bertz CT molecular complexity index is 9310. The van der Waals surface area contributed by atoms with Crippen LogP contribution in [0.15, 0.2) is 477 Å². The van der Waals surface area contributed by atoms with Gasteiger partial charge in [0.05, 0.1) is 66.2 Å². The van der Waals surface area contributed by atoms with Gasteiger partial charge in [0, 0.05) is 111 Å². The summed E-state index contributed by atoms with van der Waals surface area (Å²) in [6, 6.07) is 156. The molecule has 0 aliphatic heterocycles. The first-order chi connectivity index (χ1) is 68.0. The molecule has 137 heavy (non-hydrogen) atoms. The van der Waals surface area contributed by atoms with E-state index < -0.39 is 0 Å². The number of thiophene rings is 2. The molecule has 28 aromatic rings. The third-order valence-corrected chi connectivity index (χ3v) is 28.0. The van der Waals surface area contributed by atoms with Crippen molar-refractivity contribution in [3.63, 3.8) is 0 Å². The van der Waals surface area contributed by atoms with Crippen molar-refractivity contribution in [3.8, 4) is 123 Å². The van der Waals surface area contributed by atoms with Gasteiger partial charge in [-0.05, 0) is 207 Å². The molecule has 0 radical (unpaired) electrons. The van der Waals surface area contributed by atoms with Crippen molar-refractivity contribution >= 4 is 143 Å². The van der Waals surface area contributed by atoms with Gasteiger partial charge in [-0.25, -0.2) is 29.9 Å². The van der Waals surface area contributed by atoms with E-state index in [9.17, 15) is 0 Å². The summed E-state index contributed by atoms with van der Waals surface area (Å²) >= 11 is 3.55. The fourth-order valence-electron chi connectivity index (χ4n) is 20.1. The third kappa shape index (κ3) is 13.8. The van der Waals surface area contributed by atoms with Crippen molar-refractivity contribution in [2.75, 3.05) is 0 Å². The summed E-state index contributed by atoms with van der Waals surface area (Å²) in [6.45, 7) is 0. The Kier molecular flexibility index (Phi) is 19.6. The zero-order valence-electron chi connectivity index (χ0n) is 73.6. The molecular weight excluding hydrogens is 1710 g/mol. The zero-order chi connectivity index (χ0) is 90.4. The highest BCUT2D eigenvalue weighted by Gasteiger charge is 2.28. The Hall–Kier alpha value is -18.0. The second-order valence-corrected chi connectivity index (χ2v) is 36.0. The molecule has 0 fully saturated rings. The fraction of sp³-hybridized carbons (Fsp3) is 0. The molecule has 16 aromatic carbocycles. The Morgan fingerprint density at radius 3 is 0.927 bits per heavy atom. The summed E-state index contributed by atoms with van der Waals surface area (Å²) in [5, 5.41) is 13.5. The first-order valence-electron chi connectivity index (χ1n) is 45.8. The second-order valence-electron chi connectivity index (χ2n) is 34.1. The average Bonchev–Trinajstić information content (AvgIpc) is 1.56. The van der Waals surface area contributed by atoms with E-state index in [1.54, 1.807) is 22.7 Å². The van der Waals surface area contributed by atoms with Gasteiger partial charge < -0.3 is 18.1 Å². The maximum atomic E-state index is 6.35. The van der Waals surface area contributed by atoms with E-state index in [-0.39, 0.29) is 0 Å².